The molecule has 26 heavy (non-hydrogen) atoms. The number of aryl methyl sites for hydroxylation is 1. The Morgan fingerprint density at radius 3 is 2.58 bits per heavy atom. The molecule has 0 radical (unpaired) electrons. The molecule has 7 nitrogen and oxygen atoms in total. The van der Waals surface area contributed by atoms with Crippen LogP contribution < -0.4 is 15.1 Å². The quantitative estimate of drug-likeness (QED) is 0.765. The van der Waals surface area contributed by atoms with Crippen molar-refractivity contribution in [3.05, 3.63) is 52.6 Å². The van der Waals surface area contributed by atoms with Gasteiger partial charge >= 0.3 is 5.63 Å². The number of sulfonamides is 1. The highest BCUT2D eigenvalue weighted by Crippen LogP contribution is 2.25. The van der Waals surface area contributed by atoms with E-state index in [9.17, 15) is 13.2 Å². The zero-order chi connectivity index (χ0) is 18.7. The minimum Gasteiger partial charge on any atom is -0.494 e. The SMILES string of the molecule is CCOc1ccc(S(=O)(=O)N2CCC(Oc3cc(C)oc(=O)c3)C2)cc1. The summed E-state index contributed by atoms with van der Waals surface area (Å²) in [5.74, 6) is 1.47. The summed E-state index contributed by atoms with van der Waals surface area (Å²) in [4.78, 5) is 11.6. The Morgan fingerprint density at radius 1 is 1.19 bits per heavy atom. The standard InChI is InChI=1S/C18H21NO6S/c1-3-23-14-4-6-17(7-5-14)26(21,22)19-9-8-15(12-19)25-16-10-13(2)24-18(20)11-16/h4-7,10-11,15H,3,8-9,12H2,1-2H3. The Bertz CT molecular complexity index is 919. The van der Waals surface area contributed by atoms with Crippen LogP contribution in [-0.4, -0.2) is 38.5 Å². The Labute approximate surface area is 152 Å². The second-order valence-electron chi connectivity index (χ2n) is 6.02. The molecular weight excluding hydrogens is 358 g/mol. The van der Waals surface area contributed by atoms with Crippen molar-refractivity contribution in [2.75, 3.05) is 19.7 Å². The molecule has 0 N–H and O–H groups in total. The van der Waals surface area contributed by atoms with Gasteiger partial charge in [0, 0.05) is 12.6 Å². The summed E-state index contributed by atoms with van der Waals surface area (Å²) in [5, 5.41) is 0. The zero-order valence-electron chi connectivity index (χ0n) is 14.7. The van der Waals surface area contributed by atoms with Gasteiger partial charge in [0.2, 0.25) is 10.0 Å². The van der Waals surface area contributed by atoms with Gasteiger partial charge in [0.25, 0.3) is 0 Å². The van der Waals surface area contributed by atoms with Crippen molar-refractivity contribution >= 4 is 10.0 Å². The summed E-state index contributed by atoms with van der Waals surface area (Å²) in [6.45, 7) is 4.64. The average molecular weight is 379 g/mol. The number of rotatable bonds is 6. The molecule has 0 aliphatic carbocycles. The van der Waals surface area contributed by atoms with Crippen molar-refractivity contribution in [2.45, 2.75) is 31.3 Å². The maximum absolute atomic E-state index is 12.8. The molecule has 1 saturated heterocycles. The van der Waals surface area contributed by atoms with Crippen LogP contribution in [0.2, 0.25) is 0 Å². The van der Waals surface area contributed by atoms with Gasteiger partial charge in [-0.3, -0.25) is 0 Å². The fourth-order valence-electron chi connectivity index (χ4n) is 2.87. The van der Waals surface area contributed by atoms with Crippen LogP contribution in [0.5, 0.6) is 11.5 Å². The lowest BCUT2D eigenvalue weighted by molar-refractivity contribution is 0.213. The summed E-state index contributed by atoms with van der Waals surface area (Å²) in [6, 6.07) is 9.25. The maximum atomic E-state index is 12.8. The van der Waals surface area contributed by atoms with Gasteiger partial charge in [-0.25, -0.2) is 13.2 Å². The first-order valence-corrected chi connectivity index (χ1v) is 9.84. The third-order valence-corrected chi connectivity index (χ3v) is 5.93. The highest BCUT2D eigenvalue weighted by Gasteiger charge is 2.33. The smallest absolute Gasteiger partial charge is 0.339 e. The van der Waals surface area contributed by atoms with Crippen LogP contribution in [0, 0.1) is 6.92 Å². The molecular formula is C18H21NO6S. The lowest BCUT2D eigenvalue weighted by Gasteiger charge is -2.17. The summed E-state index contributed by atoms with van der Waals surface area (Å²) < 4.78 is 42.9. The molecule has 1 aromatic heterocycles. The summed E-state index contributed by atoms with van der Waals surface area (Å²) in [6.07, 6.45) is 0.240. The van der Waals surface area contributed by atoms with Crippen LogP contribution in [-0.2, 0) is 10.0 Å². The van der Waals surface area contributed by atoms with E-state index in [1.165, 1.54) is 10.4 Å². The van der Waals surface area contributed by atoms with Crippen molar-refractivity contribution < 1.29 is 22.3 Å². The van der Waals surface area contributed by atoms with Crippen molar-refractivity contribution in [3.8, 4) is 11.5 Å². The Balaban J connectivity index is 1.69. The zero-order valence-corrected chi connectivity index (χ0v) is 15.5. The van der Waals surface area contributed by atoms with Crippen LogP contribution in [0.4, 0.5) is 0 Å². The first-order chi connectivity index (χ1) is 12.4. The largest absolute Gasteiger partial charge is 0.494 e. The lowest BCUT2D eigenvalue weighted by atomic mass is 10.3. The third-order valence-electron chi connectivity index (χ3n) is 4.05. The Kier molecular flexibility index (Phi) is 5.33. The van der Waals surface area contributed by atoms with E-state index in [2.05, 4.69) is 0 Å². The van der Waals surface area contributed by atoms with E-state index >= 15 is 0 Å². The number of nitrogens with zero attached hydrogens (tertiary/aromatic N) is 1. The maximum Gasteiger partial charge on any atom is 0.339 e. The van der Waals surface area contributed by atoms with Gasteiger partial charge in [-0.15, -0.1) is 0 Å². The van der Waals surface area contributed by atoms with E-state index in [-0.39, 0.29) is 17.5 Å². The summed E-state index contributed by atoms with van der Waals surface area (Å²) >= 11 is 0. The van der Waals surface area contributed by atoms with Crippen molar-refractivity contribution in [1.29, 1.82) is 0 Å². The molecule has 1 aromatic carbocycles. The summed E-state index contributed by atoms with van der Waals surface area (Å²) in [5.41, 5.74) is -0.489. The van der Waals surface area contributed by atoms with E-state index in [0.29, 0.717) is 36.8 Å². The van der Waals surface area contributed by atoms with E-state index in [1.807, 2.05) is 6.92 Å². The topological polar surface area (TPSA) is 86.1 Å². The third kappa shape index (κ3) is 4.08. The molecule has 140 valence electrons. The van der Waals surface area contributed by atoms with Gasteiger partial charge in [0.15, 0.2) is 0 Å². The van der Waals surface area contributed by atoms with E-state index in [4.69, 9.17) is 13.9 Å². The second kappa shape index (κ2) is 7.51. The predicted molar refractivity (Wildman–Crippen MR) is 95.1 cm³/mol. The first kappa shape index (κ1) is 18.5. The van der Waals surface area contributed by atoms with Crippen LogP contribution in [0.15, 0.2) is 50.5 Å². The van der Waals surface area contributed by atoms with Gasteiger partial charge in [-0.2, -0.15) is 4.31 Å². The Hall–Kier alpha value is -2.32. The molecule has 2 aromatic rings. The van der Waals surface area contributed by atoms with Crippen LogP contribution in [0.3, 0.4) is 0 Å². The molecule has 0 bridgehead atoms. The first-order valence-electron chi connectivity index (χ1n) is 8.40. The van der Waals surface area contributed by atoms with Gasteiger partial charge in [-0.05, 0) is 44.5 Å². The molecule has 1 aliphatic heterocycles. The van der Waals surface area contributed by atoms with E-state index in [1.54, 1.807) is 37.3 Å². The molecule has 0 saturated carbocycles. The van der Waals surface area contributed by atoms with Crippen LogP contribution in [0.25, 0.3) is 0 Å². The summed E-state index contributed by atoms with van der Waals surface area (Å²) in [7, 11) is -3.59. The van der Waals surface area contributed by atoms with Gasteiger partial charge in [0.05, 0.1) is 24.1 Å². The van der Waals surface area contributed by atoms with Crippen LogP contribution >= 0.6 is 0 Å². The predicted octanol–water partition coefficient (Wildman–Crippen LogP) is 2.19. The molecule has 1 atom stereocenters. The number of hydrogen-bond acceptors (Lipinski definition) is 6. The van der Waals surface area contributed by atoms with Gasteiger partial charge < -0.3 is 13.9 Å². The molecule has 0 amide bonds. The molecule has 1 unspecified atom stereocenters. The van der Waals surface area contributed by atoms with Gasteiger partial charge in [0.1, 0.15) is 23.4 Å². The Morgan fingerprint density at radius 2 is 1.92 bits per heavy atom. The number of benzene rings is 1. The molecule has 8 heteroatoms. The number of hydrogen-bond donors (Lipinski definition) is 0. The average Bonchev–Trinajstić information content (AvgIpc) is 3.04. The second-order valence-corrected chi connectivity index (χ2v) is 7.96. The van der Waals surface area contributed by atoms with E-state index in [0.717, 1.165) is 0 Å². The fraction of sp³-hybridized carbons (Fsp3) is 0.389. The van der Waals surface area contributed by atoms with Crippen molar-refractivity contribution in [1.82, 2.24) is 4.31 Å². The highest BCUT2D eigenvalue weighted by molar-refractivity contribution is 7.89. The minimum absolute atomic E-state index is 0.220. The molecule has 1 fully saturated rings. The normalized spacial score (nSPS) is 18.0. The molecule has 1 aliphatic rings. The fourth-order valence-corrected chi connectivity index (χ4v) is 4.36. The lowest BCUT2D eigenvalue weighted by Crippen LogP contribution is -2.31. The van der Waals surface area contributed by atoms with Crippen LogP contribution in [0.1, 0.15) is 19.1 Å². The minimum atomic E-state index is -3.59. The highest BCUT2D eigenvalue weighted by atomic mass is 32.2. The van der Waals surface area contributed by atoms with Gasteiger partial charge in [-0.1, -0.05) is 0 Å². The molecule has 2 heterocycles. The van der Waals surface area contributed by atoms with Crippen molar-refractivity contribution in [2.24, 2.45) is 0 Å². The molecule has 3 rings (SSSR count). The number of ether oxygens (including phenoxy) is 2. The monoisotopic (exact) mass is 379 g/mol. The van der Waals surface area contributed by atoms with Crippen molar-refractivity contribution in [3.63, 3.8) is 0 Å². The van der Waals surface area contributed by atoms with E-state index < -0.39 is 15.6 Å². The molecule has 0 spiro atoms.